The number of urea groups is 1. The maximum Gasteiger partial charge on any atom is 0.319 e. The molecular formula is C25H27F2N3O3S. The average molecular weight is 488 g/mol. The molecule has 0 radical (unpaired) electrons. The number of halogens is 2. The van der Waals surface area contributed by atoms with Crippen molar-refractivity contribution < 1.29 is 23.1 Å². The van der Waals surface area contributed by atoms with Crippen LogP contribution in [0.2, 0.25) is 0 Å². The Labute approximate surface area is 201 Å². The van der Waals surface area contributed by atoms with Gasteiger partial charge < -0.3 is 15.0 Å². The molecule has 1 aliphatic carbocycles. The minimum atomic E-state index is -1.30. The Kier molecular flexibility index (Phi) is 6.14. The number of carbonyl (C=O) groups is 2. The summed E-state index contributed by atoms with van der Waals surface area (Å²) in [6, 6.07) is 8.65. The van der Waals surface area contributed by atoms with Crippen molar-refractivity contribution in [2.24, 2.45) is 0 Å². The molecule has 180 valence electrons. The van der Waals surface area contributed by atoms with Gasteiger partial charge in [0.1, 0.15) is 17.4 Å². The van der Waals surface area contributed by atoms with E-state index in [0.29, 0.717) is 29.3 Å². The van der Waals surface area contributed by atoms with Crippen LogP contribution >= 0.6 is 11.8 Å². The number of anilines is 1. The molecule has 9 heteroatoms. The lowest BCUT2D eigenvalue weighted by atomic mass is 9.95. The van der Waals surface area contributed by atoms with Crippen molar-refractivity contribution >= 4 is 29.4 Å². The standard InChI is InChI=1S/C25H27F2N3O3S/c1-33-17-10-11-22-19(14-17)25(23(31)29(22)15-18-20(26)8-5-9-21(18)27)30(12-13-34-25)24(32)28-16-6-3-2-4-7-16/h5,8-11,14,16H,2-4,6-7,12-13,15H2,1H3,(H,28,32). The fraction of sp³-hybridized carbons (Fsp3) is 0.440. The second-order valence-corrected chi connectivity index (χ2v) is 10.2. The second-order valence-electron chi connectivity index (χ2n) is 8.90. The molecule has 1 spiro atoms. The summed E-state index contributed by atoms with van der Waals surface area (Å²) in [7, 11) is 1.53. The van der Waals surface area contributed by atoms with Gasteiger partial charge >= 0.3 is 6.03 Å². The number of carbonyl (C=O) groups excluding carboxylic acids is 2. The van der Waals surface area contributed by atoms with Crippen LogP contribution in [0.4, 0.5) is 19.3 Å². The Morgan fingerprint density at radius 3 is 2.62 bits per heavy atom. The number of thioether (sulfide) groups is 1. The first-order valence-corrected chi connectivity index (χ1v) is 12.6. The molecule has 2 aromatic rings. The summed E-state index contributed by atoms with van der Waals surface area (Å²) in [5, 5.41) is 3.13. The van der Waals surface area contributed by atoms with Gasteiger partial charge in [0.05, 0.1) is 19.3 Å². The number of nitrogens with one attached hydrogen (secondary N) is 1. The normalized spacial score (nSPS) is 22.4. The van der Waals surface area contributed by atoms with E-state index in [4.69, 9.17) is 4.74 Å². The van der Waals surface area contributed by atoms with Crippen molar-refractivity contribution in [2.75, 3.05) is 24.3 Å². The molecule has 2 aromatic carbocycles. The quantitative estimate of drug-likeness (QED) is 0.675. The highest BCUT2D eigenvalue weighted by molar-refractivity contribution is 8.01. The van der Waals surface area contributed by atoms with Crippen molar-refractivity contribution in [2.45, 2.75) is 49.6 Å². The number of benzene rings is 2. The number of amides is 3. The summed E-state index contributed by atoms with van der Waals surface area (Å²) in [6.45, 7) is 0.130. The first-order valence-electron chi connectivity index (χ1n) is 11.6. The number of rotatable bonds is 4. The van der Waals surface area contributed by atoms with E-state index in [0.717, 1.165) is 25.7 Å². The number of fused-ring (bicyclic) bond motifs is 2. The molecule has 1 saturated carbocycles. The van der Waals surface area contributed by atoms with Gasteiger partial charge in [-0.05, 0) is 43.2 Å². The molecule has 1 atom stereocenters. The zero-order chi connectivity index (χ0) is 23.9. The molecule has 2 aliphatic heterocycles. The Morgan fingerprint density at radius 2 is 1.91 bits per heavy atom. The monoisotopic (exact) mass is 487 g/mol. The predicted octanol–water partition coefficient (Wildman–Crippen LogP) is 4.76. The van der Waals surface area contributed by atoms with E-state index in [1.165, 1.54) is 48.4 Å². The van der Waals surface area contributed by atoms with E-state index < -0.39 is 16.5 Å². The highest BCUT2D eigenvalue weighted by Gasteiger charge is 2.60. The molecule has 2 fully saturated rings. The number of hydrogen-bond donors (Lipinski definition) is 1. The summed E-state index contributed by atoms with van der Waals surface area (Å²) in [5.41, 5.74) is 0.948. The van der Waals surface area contributed by atoms with Crippen molar-refractivity contribution in [3.8, 4) is 5.75 Å². The van der Waals surface area contributed by atoms with Gasteiger partial charge in [-0.15, -0.1) is 11.8 Å². The Hall–Kier alpha value is -2.81. The van der Waals surface area contributed by atoms with Gasteiger partial charge in [0.25, 0.3) is 5.91 Å². The fourth-order valence-electron chi connectivity index (χ4n) is 5.22. The molecular weight excluding hydrogens is 460 g/mol. The predicted molar refractivity (Wildman–Crippen MR) is 127 cm³/mol. The molecule has 1 saturated heterocycles. The number of hydrogen-bond acceptors (Lipinski definition) is 4. The van der Waals surface area contributed by atoms with Crippen LogP contribution in [0.25, 0.3) is 0 Å². The Morgan fingerprint density at radius 1 is 1.18 bits per heavy atom. The van der Waals surface area contributed by atoms with Crippen LogP contribution in [0.5, 0.6) is 5.75 Å². The van der Waals surface area contributed by atoms with Gasteiger partial charge in [0.15, 0.2) is 4.87 Å². The molecule has 0 aromatic heterocycles. The van der Waals surface area contributed by atoms with Gasteiger partial charge in [-0.3, -0.25) is 9.69 Å². The van der Waals surface area contributed by atoms with Crippen LogP contribution in [-0.2, 0) is 16.2 Å². The molecule has 1 unspecified atom stereocenters. The SMILES string of the molecule is COc1ccc2c(c1)C1(SCCN1C(=O)NC1CCCCC1)C(=O)N2Cc1c(F)cccc1F. The Balaban J connectivity index is 1.54. The first kappa shape index (κ1) is 23.0. The van der Waals surface area contributed by atoms with Crippen LogP contribution in [0.1, 0.15) is 43.2 Å². The van der Waals surface area contributed by atoms with Crippen molar-refractivity contribution in [3.05, 3.63) is 59.2 Å². The minimum Gasteiger partial charge on any atom is -0.497 e. The molecule has 3 amide bonds. The smallest absolute Gasteiger partial charge is 0.319 e. The fourth-order valence-corrected chi connectivity index (χ4v) is 6.67. The lowest BCUT2D eigenvalue weighted by molar-refractivity contribution is -0.123. The zero-order valence-electron chi connectivity index (χ0n) is 19.0. The molecule has 5 rings (SSSR count). The molecule has 3 aliphatic rings. The summed E-state index contributed by atoms with van der Waals surface area (Å²) < 4.78 is 34.4. The highest BCUT2D eigenvalue weighted by atomic mass is 32.2. The van der Waals surface area contributed by atoms with Crippen LogP contribution in [0, 0.1) is 11.6 Å². The van der Waals surface area contributed by atoms with Crippen molar-refractivity contribution in [1.82, 2.24) is 10.2 Å². The topological polar surface area (TPSA) is 61.9 Å². The van der Waals surface area contributed by atoms with E-state index >= 15 is 0 Å². The third-order valence-electron chi connectivity index (χ3n) is 6.96. The van der Waals surface area contributed by atoms with Crippen LogP contribution in [0.3, 0.4) is 0 Å². The molecule has 0 bridgehead atoms. The van der Waals surface area contributed by atoms with Gasteiger partial charge in [-0.2, -0.15) is 0 Å². The van der Waals surface area contributed by atoms with Gasteiger partial charge in [-0.1, -0.05) is 25.3 Å². The number of ether oxygens (including phenoxy) is 1. The minimum absolute atomic E-state index is 0.0915. The lowest BCUT2D eigenvalue weighted by Crippen LogP contribution is -2.55. The third kappa shape index (κ3) is 3.70. The van der Waals surface area contributed by atoms with Crippen molar-refractivity contribution in [3.63, 3.8) is 0 Å². The number of methoxy groups -OCH3 is 1. The zero-order valence-corrected chi connectivity index (χ0v) is 19.8. The summed E-state index contributed by atoms with van der Waals surface area (Å²) in [6.07, 6.45) is 5.17. The Bertz CT molecular complexity index is 1100. The van der Waals surface area contributed by atoms with Gasteiger partial charge in [0, 0.05) is 29.5 Å². The second kappa shape index (κ2) is 9.09. The van der Waals surface area contributed by atoms with E-state index in [9.17, 15) is 18.4 Å². The lowest BCUT2D eigenvalue weighted by Gasteiger charge is -2.35. The van der Waals surface area contributed by atoms with E-state index in [1.54, 1.807) is 23.1 Å². The van der Waals surface area contributed by atoms with E-state index in [-0.39, 0.29) is 30.1 Å². The van der Waals surface area contributed by atoms with Gasteiger partial charge in [-0.25, -0.2) is 13.6 Å². The van der Waals surface area contributed by atoms with Crippen LogP contribution < -0.4 is 15.0 Å². The van der Waals surface area contributed by atoms with Crippen molar-refractivity contribution in [1.29, 1.82) is 0 Å². The maximum atomic E-state index is 14.5. The summed E-state index contributed by atoms with van der Waals surface area (Å²) in [4.78, 5) is 29.1. The molecule has 2 heterocycles. The molecule has 34 heavy (non-hydrogen) atoms. The van der Waals surface area contributed by atoms with E-state index in [1.807, 2.05) is 0 Å². The average Bonchev–Trinajstić information content (AvgIpc) is 3.38. The number of nitrogens with zero attached hydrogens (tertiary/aromatic N) is 2. The van der Waals surface area contributed by atoms with Crippen LogP contribution in [0.15, 0.2) is 36.4 Å². The van der Waals surface area contributed by atoms with Gasteiger partial charge in [0.2, 0.25) is 0 Å². The summed E-state index contributed by atoms with van der Waals surface area (Å²) in [5.74, 6) is -0.684. The molecule has 6 nitrogen and oxygen atoms in total. The third-order valence-corrected chi connectivity index (χ3v) is 8.38. The molecule has 1 N–H and O–H groups in total. The maximum absolute atomic E-state index is 14.5. The van der Waals surface area contributed by atoms with Crippen LogP contribution in [-0.4, -0.2) is 42.3 Å². The first-order chi connectivity index (χ1) is 16.5. The largest absolute Gasteiger partial charge is 0.497 e. The summed E-state index contributed by atoms with van der Waals surface area (Å²) >= 11 is 1.37. The highest BCUT2D eigenvalue weighted by Crippen LogP contribution is 2.55. The van der Waals surface area contributed by atoms with E-state index in [2.05, 4.69) is 5.32 Å².